The van der Waals surface area contributed by atoms with Gasteiger partial charge in [-0.25, -0.2) is 8.42 Å². The first-order valence-corrected chi connectivity index (χ1v) is 12.7. The third-order valence-electron chi connectivity index (χ3n) is 5.73. The molecule has 1 aliphatic heterocycles. The number of hydrogen-bond acceptors (Lipinski definition) is 5. The van der Waals surface area contributed by atoms with Crippen LogP contribution in [0.1, 0.15) is 17.7 Å². The smallest absolute Gasteiger partial charge is 0.229 e. The molecule has 1 fully saturated rings. The molecule has 0 saturated carbocycles. The molecule has 0 aliphatic carbocycles. The lowest BCUT2D eigenvalue weighted by atomic mass is 10.1. The minimum atomic E-state index is -3.24. The van der Waals surface area contributed by atoms with Gasteiger partial charge in [-0.1, -0.05) is 18.2 Å². The minimum absolute atomic E-state index is 0.633. The van der Waals surface area contributed by atoms with Gasteiger partial charge >= 0.3 is 0 Å². The fraction of sp³-hybridized carbons (Fsp3) is 0.375. The van der Waals surface area contributed by atoms with Gasteiger partial charge in [-0.15, -0.1) is 0 Å². The Kier molecular flexibility index (Phi) is 6.43. The van der Waals surface area contributed by atoms with Crippen LogP contribution in [0.2, 0.25) is 0 Å². The molecule has 1 N–H and O–H groups in total. The number of benzene rings is 2. The Morgan fingerprint density at radius 3 is 2.55 bits per heavy atom. The predicted octanol–water partition coefficient (Wildman–Crippen LogP) is 3.67. The standard InChI is InChI=1S/C24H30N4O2S/c1-19-11-12-22-23(25-19)9-4-10-24(22)28-16-14-27(15-17-28)13-5-7-20-6-3-8-21(18-20)26-31(2,29)30/h3-4,6,8-12,18,26H,5,7,13-17H2,1-2H3. The second-order valence-corrected chi connectivity index (χ2v) is 10.1. The fourth-order valence-corrected chi connectivity index (χ4v) is 4.80. The van der Waals surface area contributed by atoms with Gasteiger partial charge in [0.15, 0.2) is 0 Å². The Morgan fingerprint density at radius 2 is 1.77 bits per heavy atom. The summed E-state index contributed by atoms with van der Waals surface area (Å²) < 4.78 is 25.4. The molecule has 1 aromatic heterocycles. The van der Waals surface area contributed by atoms with Crippen molar-refractivity contribution in [1.82, 2.24) is 9.88 Å². The molecule has 31 heavy (non-hydrogen) atoms. The highest BCUT2D eigenvalue weighted by Gasteiger charge is 2.18. The lowest BCUT2D eigenvalue weighted by Gasteiger charge is -2.36. The Labute approximate surface area is 184 Å². The van der Waals surface area contributed by atoms with Crippen molar-refractivity contribution < 1.29 is 8.42 Å². The molecule has 4 rings (SSSR count). The number of nitrogens with one attached hydrogen (secondary N) is 1. The maximum Gasteiger partial charge on any atom is 0.229 e. The van der Waals surface area contributed by atoms with Crippen LogP contribution in [0.15, 0.2) is 54.6 Å². The normalized spacial score (nSPS) is 15.4. The summed E-state index contributed by atoms with van der Waals surface area (Å²) in [6.45, 7) is 7.20. The van der Waals surface area contributed by atoms with Crippen LogP contribution in [-0.2, 0) is 16.4 Å². The van der Waals surface area contributed by atoms with Crippen LogP contribution in [0, 0.1) is 6.92 Å². The number of anilines is 2. The number of pyridine rings is 1. The van der Waals surface area contributed by atoms with Crippen molar-refractivity contribution in [3.8, 4) is 0 Å². The molecule has 0 amide bonds. The molecule has 0 atom stereocenters. The maximum absolute atomic E-state index is 11.4. The van der Waals surface area contributed by atoms with E-state index in [0.717, 1.165) is 62.3 Å². The number of aryl methyl sites for hydroxylation is 2. The summed E-state index contributed by atoms with van der Waals surface area (Å²) in [6.07, 6.45) is 3.17. The van der Waals surface area contributed by atoms with Gasteiger partial charge in [0.1, 0.15) is 0 Å². The van der Waals surface area contributed by atoms with Crippen molar-refractivity contribution in [3.63, 3.8) is 0 Å². The number of nitrogens with zero attached hydrogens (tertiary/aromatic N) is 3. The van der Waals surface area contributed by atoms with Crippen molar-refractivity contribution in [2.24, 2.45) is 0 Å². The molecule has 0 spiro atoms. The molecule has 0 unspecified atom stereocenters. The molecular weight excluding hydrogens is 408 g/mol. The Bertz CT molecular complexity index is 1160. The second-order valence-electron chi connectivity index (χ2n) is 8.30. The highest BCUT2D eigenvalue weighted by atomic mass is 32.2. The van der Waals surface area contributed by atoms with Crippen molar-refractivity contribution in [3.05, 3.63) is 65.9 Å². The van der Waals surface area contributed by atoms with Crippen LogP contribution in [-0.4, -0.2) is 57.3 Å². The summed E-state index contributed by atoms with van der Waals surface area (Å²) >= 11 is 0. The zero-order valence-electron chi connectivity index (χ0n) is 18.2. The number of rotatable bonds is 7. The molecule has 1 saturated heterocycles. The van der Waals surface area contributed by atoms with Gasteiger partial charge in [0.25, 0.3) is 0 Å². The van der Waals surface area contributed by atoms with E-state index in [4.69, 9.17) is 0 Å². The Morgan fingerprint density at radius 1 is 1.00 bits per heavy atom. The Balaban J connectivity index is 1.29. The first-order valence-electron chi connectivity index (χ1n) is 10.8. The van der Waals surface area contributed by atoms with Crippen molar-refractivity contribution in [2.75, 3.05) is 48.6 Å². The van der Waals surface area contributed by atoms with Crippen LogP contribution in [0.25, 0.3) is 10.9 Å². The topological polar surface area (TPSA) is 65.5 Å². The van der Waals surface area contributed by atoms with Crippen molar-refractivity contribution >= 4 is 32.3 Å². The Hall–Kier alpha value is -2.64. The fourth-order valence-electron chi connectivity index (χ4n) is 4.24. The molecule has 6 nitrogen and oxygen atoms in total. The van der Waals surface area contributed by atoms with Crippen molar-refractivity contribution in [1.29, 1.82) is 0 Å². The van der Waals surface area contributed by atoms with Crippen LogP contribution < -0.4 is 9.62 Å². The van der Waals surface area contributed by atoms with E-state index in [1.54, 1.807) is 6.07 Å². The van der Waals surface area contributed by atoms with E-state index >= 15 is 0 Å². The van der Waals surface area contributed by atoms with E-state index in [0.29, 0.717) is 5.69 Å². The highest BCUT2D eigenvalue weighted by Crippen LogP contribution is 2.27. The molecule has 2 heterocycles. The largest absolute Gasteiger partial charge is 0.368 e. The maximum atomic E-state index is 11.4. The van der Waals surface area contributed by atoms with Crippen molar-refractivity contribution in [2.45, 2.75) is 19.8 Å². The van der Waals surface area contributed by atoms with E-state index in [1.807, 2.05) is 19.1 Å². The first kappa shape index (κ1) is 21.6. The van der Waals surface area contributed by atoms with E-state index in [2.05, 4.69) is 55.9 Å². The third-order valence-corrected chi connectivity index (χ3v) is 6.34. The van der Waals surface area contributed by atoms with Crippen LogP contribution in [0.5, 0.6) is 0 Å². The highest BCUT2D eigenvalue weighted by molar-refractivity contribution is 7.92. The molecule has 1 aliphatic rings. The number of piperazine rings is 1. The third kappa shape index (κ3) is 5.74. The van der Waals surface area contributed by atoms with Gasteiger partial charge < -0.3 is 4.90 Å². The molecule has 164 valence electrons. The summed E-state index contributed by atoms with van der Waals surface area (Å²) in [6, 6.07) is 18.3. The molecule has 2 aromatic carbocycles. The first-order chi connectivity index (χ1) is 14.9. The molecule has 3 aromatic rings. The van der Waals surface area contributed by atoms with Gasteiger partial charge in [-0.2, -0.15) is 0 Å². The average molecular weight is 439 g/mol. The van der Waals surface area contributed by atoms with E-state index < -0.39 is 10.0 Å². The lowest BCUT2D eigenvalue weighted by Crippen LogP contribution is -2.46. The van der Waals surface area contributed by atoms with E-state index in [1.165, 1.54) is 17.3 Å². The number of aromatic nitrogens is 1. The molecule has 7 heteroatoms. The van der Waals surface area contributed by atoms with Crippen LogP contribution >= 0.6 is 0 Å². The zero-order chi connectivity index (χ0) is 21.8. The van der Waals surface area contributed by atoms with Gasteiger partial charge in [-0.3, -0.25) is 14.6 Å². The summed E-state index contributed by atoms with van der Waals surface area (Å²) in [4.78, 5) is 9.65. The summed E-state index contributed by atoms with van der Waals surface area (Å²) in [5.41, 5.74) is 5.18. The summed E-state index contributed by atoms with van der Waals surface area (Å²) in [5, 5.41) is 1.23. The predicted molar refractivity (Wildman–Crippen MR) is 128 cm³/mol. The second kappa shape index (κ2) is 9.24. The quantitative estimate of drug-likeness (QED) is 0.610. The molecule has 0 bridgehead atoms. The summed E-state index contributed by atoms with van der Waals surface area (Å²) in [7, 11) is -3.24. The average Bonchev–Trinajstić information content (AvgIpc) is 2.73. The minimum Gasteiger partial charge on any atom is -0.368 e. The van der Waals surface area contributed by atoms with Gasteiger partial charge in [0.05, 0.1) is 11.8 Å². The molecule has 0 radical (unpaired) electrons. The lowest BCUT2D eigenvalue weighted by molar-refractivity contribution is 0.255. The van der Waals surface area contributed by atoms with Gasteiger partial charge in [0, 0.05) is 48.6 Å². The van der Waals surface area contributed by atoms with E-state index in [9.17, 15) is 8.42 Å². The van der Waals surface area contributed by atoms with Gasteiger partial charge in [-0.05, 0) is 68.3 Å². The zero-order valence-corrected chi connectivity index (χ0v) is 19.0. The van der Waals surface area contributed by atoms with Crippen LogP contribution in [0.3, 0.4) is 0 Å². The summed E-state index contributed by atoms with van der Waals surface area (Å²) in [5.74, 6) is 0. The molecular formula is C24H30N4O2S. The van der Waals surface area contributed by atoms with Crippen LogP contribution in [0.4, 0.5) is 11.4 Å². The van der Waals surface area contributed by atoms with E-state index in [-0.39, 0.29) is 0 Å². The monoisotopic (exact) mass is 438 g/mol. The number of sulfonamides is 1. The number of fused-ring (bicyclic) bond motifs is 1. The number of hydrogen-bond donors (Lipinski definition) is 1. The van der Waals surface area contributed by atoms with Gasteiger partial charge in [0.2, 0.25) is 10.0 Å². The SMILES string of the molecule is Cc1ccc2c(N3CCN(CCCc4cccc(NS(C)(=O)=O)c4)CC3)cccc2n1.